The molecule has 0 aliphatic carbocycles. The number of hydrogen-bond donors (Lipinski definition) is 2. The van der Waals surface area contributed by atoms with Gasteiger partial charge in [0.15, 0.2) is 0 Å². The predicted molar refractivity (Wildman–Crippen MR) is 71.9 cm³/mol. The molecule has 0 amide bonds. The van der Waals surface area contributed by atoms with Crippen LogP contribution in [-0.2, 0) is 9.47 Å². The first kappa shape index (κ1) is 15.9. The molecule has 0 radical (unpaired) electrons. The quantitative estimate of drug-likeness (QED) is 0.516. The van der Waals surface area contributed by atoms with E-state index < -0.39 is 0 Å². The fourth-order valence-electron chi connectivity index (χ4n) is 2.29. The van der Waals surface area contributed by atoms with Crippen molar-refractivity contribution in [2.75, 3.05) is 59.7 Å². The molecular weight excluding hydrogens is 232 g/mol. The van der Waals surface area contributed by atoms with Gasteiger partial charge in [-0.25, -0.2) is 0 Å². The fourth-order valence-corrected chi connectivity index (χ4v) is 2.29. The molecule has 0 aromatic rings. The van der Waals surface area contributed by atoms with Gasteiger partial charge >= 0.3 is 0 Å². The molecule has 1 aliphatic rings. The third-order valence-corrected chi connectivity index (χ3v) is 3.25. The maximum Gasteiger partial charge on any atom is 0.0700 e. The van der Waals surface area contributed by atoms with E-state index in [0.29, 0.717) is 19.3 Å². The van der Waals surface area contributed by atoms with Crippen molar-refractivity contribution in [3.63, 3.8) is 0 Å². The summed E-state index contributed by atoms with van der Waals surface area (Å²) in [5.74, 6) is 0. The van der Waals surface area contributed by atoms with Crippen LogP contribution in [0.5, 0.6) is 0 Å². The van der Waals surface area contributed by atoms with Crippen molar-refractivity contribution < 1.29 is 14.6 Å². The highest BCUT2D eigenvalue weighted by Gasteiger charge is 2.17. The molecule has 0 aromatic carbocycles. The van der Waals surface area contributed by atoms with Crippen LogP contribution in [0.15, 0.2) is 0 Å². The topological polar surface area (TPSA) is 54.0 Å². The minimum Gasteiger partial charge on any atom is -0.395 e. The molecule has 108 valence electrons. The lowest BCUT2D eigenvalue weighted by atomic mass is 10.2. The number of nitrogens with zero attached hydrogens (tertiary/aromatic N) is 1. The molecule has 18 heavy (non-hydrogen) atoms. The van der Waals surface area contributed by atoms with Crippen LogP contribution in [0.1, 0.15) is 19.3 Å². The minimum atomic E-state index is 0.233. The second-order valence-corrected chi connectivity index (χ2v) is 4.78. The zero-order valence-electron chi connectivity index (χ0n) is 11.6. The van der Waals surface area contributed by atoms with Gasteiger partial charge in [-0.15, -0.1) is 0 Å². The maximum atomic E-state index is 9.07. The van der Waals surface area contributed by atoms with E-state index in [1.165, 1.54) is 12.8 Å². The normalized spacial score (nSPS) is 19.8. The largest absolute Gasteiger partial charge is 0.395 e. The molecule has 2 N–H and O–H groups in total. The summed E-state index contributed by atoms with van der Waals surface area (Å²) in [4.78, 5) is 2.32. The van der Waals surface area contributed by atoms with Crippen LogP contribution in [0.3, 0.4) is 0 Å². The number of ether oxygens (including phenoxy) is 2. The van der Waals surface area contributed by atoms with Crippen molar-refractivity contribution in [1.82, 2.24) is 10.2 Å². The summed E-state index contributed by atoms with van der Waals surface area (Å²) >= 11 is 0. The second kappa shape index (κ2) is 10.7. The van der Waals surface area contributed by atoms with Gasteiger partial charge in [-0.2, -0.15) is 0 Å². The van der Waals surface area contributed by atoms with Crippen LogP contribution >= 0.6 is 0 Å². The molecule has 0 spiro atoms. The molecule has 1 atom stereocenters. The van der Waals surface area contributed by atoms with Crippen molar-refractivity contribution in [3.8, 4) is 0 Å². The number of methoxy groups -OCH3 is 1. The van der Waals surface area contributed by atoms with E-state index in [2.05, 4.69) is 10.2 Å². The van der Waals surface area contributed by atoms with E-state index in [-0.39, 0.29) is 6.61 Å². The monoisotopic (exact) mass is 260 g/mol. The first-order valence-electron chi connectivity index (χ1n) is 7.00. The zero-order chi connectivity index (χ0) is 13.1. The number of aliphatic hydroxyl groups excluding tert-OH is 1. The van der Waals surface area contributed by atoms with Crippen molar-refractivity contribution in [3.05, 3.63) is 0 Å². The summed E-state index contributed by atoms with van der Waals surface area (Å²) in [5, 5.41) is 12.6. The smallest absolute Gasteiger partial charge is 0.0700 e. The van der Waals surface area contributed by atoms with Crippen LogP contribution in [0, 0.1) is 0 Å². The molecule has 1 heterocycles. The van der Waals surface area contributed by atoms with Gasteiger partial charge < -0.3 is 19.9 Å². The Hall–Kier alpha value is -0.200. The van der Waals surface area contributed by atoms with E-state index in [1.54, 1.807) is 7.11 Å². The van der Waals surface area contributed by atoms with Crippen molar-refractivity contribution in [2.45, 2.75) is 25.3 Å². The van der Waals surface area contributed by atoms with E-state index in [0.717, 1.165) is 39.2 Å². The Labute approximate surface area is 110 Å². The third kappa shape index (κ3) is 7.28. The number of rotatable bonds is 11. The maximum absolute atomic E-state index is 9.07. The van der Waals surface area contributed by atoms with Gasteiger partial charge in [-0.05, 0) is 25.8 Å². The number of nitrogens with one attached hydrogen (secondary N) is 1. The zero-order valence-corrected chi connectivity index (χ0v) is 11.6. The van der Waals surface area contributed by atoms with Crippen molar-refractivity contribution >= 4 is 0 Å². The van der Waals surface area contributed by atoms with E-state index in [9.17, 15) is 0 Å². The van der Waals surface area contributed by atoms with Crippen molar-refractivity contribution in [1.29, 1.82) is 0 Å². The van der Waals surface area contributed by atoms with Gasteiger partial charge in [-0.1, -0.05) is 0 Å². The summed E-state index contributed by atoms with van der Waals surface area (Å²) < 4.78 is 10.4. The van der Waals surface area contributed by atoms with Gasteiger partial charge in [0.1, 0.15) is 0 Å². The molecule has 1 rings (SSSR count). The highest BCUT2D eigenvalue weighted by molar-refractivity contribution is 4.77. The Balaban J connectivity index is 2.05. The molecule has 0 bridgehead atoms. The highest BCUT2D eigenvalue weighted by atomic mass is 16.5. The lowest BCUT2D eigenvalue weighted by Crippen LogP contribution is -2.39. The predicted octanol–water partition coefficient (Wildman–Crippen LogP) is 0.0858. The van der Waals surface area contributed by atoms with Crippen LogP contribution in [-0.4, -0.2) is 75.8 Å². The van der Waals surface area contributed by atoms with Gasteiger partial charge in [-0.3, -0.25) is 4.90 Å². The minimum absolute atomic E-state index is 0.233. The summed E-state index contributed by atoms with van der Waals surface area (Å²) in [5.41, 5.74) is 0. The van der Waals surface area contributed by atoms with Crippen LogP contribution in [0.4, 0.5) is 0 Å². The first-order valence-corrected chi connectivity index (χ1v) is 7.00. The average molecular weight is 260 g/mol. The molecule has 1 aliphatic heterocycles. The molecular formula is C13H28N2O3. The average Bonchev–Trinajstić information content (AvgIpc) is 2.86. The SMILES string of the molecule is COCCOCCCN(CCO)CC1CCCN1. The van der Waals surface area contributed by atoms with Gasteiger partial charge in [0, 0.05) is 39.4 Å². The summed E-state index contributed by atoms with van der Waals surface area (Å²) in [6, 6.07) is 0.603. The van der Waals surface area contributed by atoms with Gasteiger partial charge in [0.05, 0.1) is 19.8 Å². The molecule has 1 fully saturated rings. The Bertz CT molecular complexity index is 187. The lowest BCUT2D eigenvalue weighted by molar-refractivity contribution is 0.0637. The molecule has 5 heteroatoms. The second-order valence-electron chi connectivity index (χ2n) is 4.78. The Kier molecular flexibility index (Phi) is 9.42. The molecule has 1 unspecified atom stereocenters. The van der Waals surface area contributed by atoms with E-state index >= 15 is 0 Å². The van der Waals surface area contributed by atoms with Crippen LogP contribution < -0.4 is 5.32 Å². The van der Waals surface area contributed by atoms with Crippen LogP contribution in [0.2, 0.25) is 0 Å². The number of aliphatic hydroxyl groups is 1. The Morgan fingerprint density at radius 3 is 2.83 bits per heavy atom. The standard InChI is InChI=1S/C13H28N2O3/c1-17-10-11-18-9-3-6-15(7-8-16)12-13-4-2-5-14-13/h13-14,16H,2-12H2,1H3. The van der Waals surface area contributed by atoms with Crippen molar-refractivity contribution in [2.24, 2.45) is 0 Å². The molecule has 0 aromatic heterocycles. The molecule has 5 nitrogen and oxygen atoms in total. The van der Waals surface area contributed by atoms with Gasteiger partial charge in [0.25, 0.3) is 0 Å². The number of hydrogen-bond acceptors (Lipinski definition) is 5. The summed E-state index contributed by atoms with van der Waals surface area (Å²) in [6.07, 6.45) is 3.54. The fraction of sp³-hybridized carbons (Fsp3) is 1.00. The summed E-state index contributed by atoms with van der Waals surface area (Å²) in [7, 11) is 1.68. The lowest BCUT2D eigenvalue weighted by Gasteiger charge is -2.24. The van der Waals surface area contributed by atoms with E-state index in [1.807, 2.05) is 0 Å². The Morgan fingerprint density at radius 2 is 2.17 bits per heavy atom. The third-order valence-electron chi connectivity index (χ3n) is 3.25. The summed E-state index contributed by atoms with van der Waals surface area (Å²) in [6.45, 7) is 6.26. The van der Waals surface area contributed by atoms with E-state index in [4.69, 9.17) is 14.6 Å². The first-order chi connectivity index (χ1) is 8.86. The molecule has 1 saturated heterocycles. The highest BCUT2D eigenvalue weighted by Crippen LogP contribution is 2.07. The van der Waals surface area contributed by atoms with Crippen LogP contribution in [0.25, 0.3) is 0 Å². The van der Waals surface area contributed by atoms with Gasteiger partial charge in [0.2, 0.25) is 0 Å². The Morgan fingerprint density at radius 1 is 1.28 bits per heavy atom. The molecule has 0 saturated carbocycles.